The predicted molar refractivity (Wildman–Crippen MR) is 100 cm³/mol. The normalized spacial score (nSPS) is 10.7. The number of carbonyl (C=O) groups is 1. The van der Waals surface area contributed by atoms with Gasteiger partial charge in [-0.25, -0.2) is 18.7 Å². The quantitative estimate of drug-likeness (QED) is 0.674. The van der Waals surface area contributed by atoms with Gasteiger partial charge in [-0.15, -0.1) is 0 Å². The zero-order valence-electron chi connectivity index (χ0n) is 14.8. The van der Waals surface area contributed by atoms with Gasteiger partial charge in [0.25, 0.3) is 5.91 Å². The van der Waals surface area contributed by atoms with E-state index in [4.69, 9.17) is 0 Å². The number of nitrogens with one attached hydrogen (secondary N) is 2. The van der Waals surface area contributed by atoms with Crippen molar-refractivity contribution in [2.75, 3.05) is 10.6 Å². The molecule has 0 saturated carbocycles. The van der Waals surface area contributed by atoms with Crippen molar-refractivity contribution in [2.24, 2.45) is 0 Å². The van der Waals surface area contributed by atoms with Crippen LogP contribution in [0.5, 0.6) is 0 Å². The zero-order valence-corrected chi connectivity index (χ0v) is 14.8. The lowest BCUT2D eigenvalue weighted by atomic mass is 10.0. The Bertz CT molecular complexity index is 938. The maximum atomic E-state index is 13.7. The summed E-state index contributed by atoms with van der Waals surface area (Å²) in [6, 6.07) is 12.6. The zero-order chi connectivity index (χ0) is 19.4. The van der Waals surface area contributed by atoms with Gasteiger partial charge in [-0.2, -0.15) is 0 Å². The van der Waals surface area contributed by atoms with Crippen LogP contribution in [-0.4, -0.2) is 15.9 Å². The van der Waals surface area contributed by atoms with Gasteiger partial charge in [0, 0.05) is 11.8 Å². The Labute approximate surface area is 155 Å². The average molecular weight is 368 g/mol. The molecule has 1 amide bonds. The molecule has 2 N–H and O–H groups in total. The number of aromatic nitrogens is 2. The third kappa shape index (κ3) is 4.44. The molecule has 0 unspecified atom stereocenters. The minimum absolute atomic E-state index is 0.0195. The Kier molecular flexibility index (Phi) is 5.40. The second kappa shape index (κ2) is 7.90. The molecule has 0 fully saturated rings. The molecule has 1 aromatic heterocycles. The van der Waals surface area contributed by atoms with E-state index in [-0.39, 0.29) is 5.69 Å². The summed E-state index contributed by atoms with van der Waals surface area (Å²) in [6.07, 6.45) is 1.21. The minimum atomic E-state index is -0.860. The van der Waals surface area contributed by atoms with Crippen molar-refractivity contribution < 1.29 is 13.6 Å². The van der Waals surface area contributed by atoms with Gasteiger partial charge in [0.05, 0.1) is 0 Å². The molecule has 0 aliphatic carbocycles. The molecule has 3 aromatic rings. The van der Waals surface area contributed by atoms with E-state index in [9.17, 15) is 13.6 Å². The fourth-order valence-electron chi connectivity index (χ4n) is 2.44. The van der Waals surface area contributed by atoms with Gasteiger partial charge in [-0.3, -0.25) is 4.79 Å². The maximum Gasteiger partial charge on any atom is 0.274 e. The average Bonchev–Trinajstić information content (AvgIpc) is 2.65. The molecule has 0 radical (unpaired) electrons. The van der Waals surface area contributed by atoms with Crippen molar-refractivity contribution in [2.45, 2.75) is 19.8 Å². The van der Waals surface area contributed by atoms with Gasteiger partial charge in [0.2, 0.25) is 0 Å². The summed E-state index contributed by atoms with van der Waals surface area (Å²) in [5, 5.41) is 5.27. The number of nitrogens with zero attached hydrogens (tertiary/aromatic N) is 2. The van der Waals surface area contributed by atoms with Crippen molar-refractivity contribution in [3.8, 4) is 0 Å². The first-order valence-electron chi connectivity index (χ1n) is 8.38. The number of hydrogen-bond donors (Lipinski definition) is 2. The number of amides is 1. The van der Waals surface area contributed by atoms with E-state index in [1.54, 1.807) is 0 Å². The molecule has 0 saturated heterocycles. The lowest BCUT2D eigenvalue weighted by Gasteiger charge is -2.10. The second-order valence-electron chi connectivity index (χ2n) is 6.24. The molecule has 27 heavy (non-hydrogen) atoms. The van der Waals surface area contributed by atoms with Gasteiger partial charge >= 0.3 is 0 Å². The third-order valence-corrected chi connectivity index (χ3v) is 3.95. The maximum absolute atomic E-state index is 13.7. The Hall–Kier alpha value is -3.35. The molecular weight excluding hydrogens is 350 g/mol. The summed E-state index contributed by atoms with van der Waals surface area (Å²) in [5.41, 5.74) is 1.47. The van der Waals surface area contributed by atoms with E-state index in [0.717, 1.165) is 17.8 Å². The summed E-state index contributed by atoms with van der Waals surface area (Å²) in [5.74, 6) is -1.64. The summed E-state index contributed by atoms with van der Waals surface area (Å²) < 4.78 is 27.4. The number of rotatable bonds is 5. The molecule has 0 atom stereocenters. The van der Waals surface area contributed by atoms with Crippen molar-refractivity contribution in [1.29, 1.82) is 0 Å². The fourth-order valence-corrected chi connectivity index (χ4v) is 2.44. The highest BCUT2D eigenvalue weighted by atomic mass is 19.1. The Balaban J connectivity index is 1.76. The lowest BCUT2D eigenvalue weighted by molar-refractivity contribution is 0.102. The van der Waals surface area contributed by atoms with Crippen LogP contribution in [0.4, 0.5) is 26.0 Å². The molecule has 0 aliphatic rings. The van der Waals surface area contributed by atoms with Crippen LogP contribution < -0.4 is 10.6 Å². The third-order valence-electron chi connectivity index (χ3n) is 3.95. The molecule has 138 valence electrons. The van der Waals surface area contributed by atoms with E-state index in [0.29, 0.717) is 11.7 Å². The van der Waals surface area contributed by atoms with Crippen molar-refractivity contribution in [3.63, 3.8) is 0 Å². The van der Waals surface area contributed by atoms with Gasteiger partial charge in [-0.1, -0.05) is 32.0 Å². The van der Waals surface area contributed by atoms with Crippen molar-refractivity contribution >= 4 is 23.1 Å². The molecule has 0 bridgehead atoms. The highest BCUT2D eigenvalue weighted by molar-refractivity contribution is 6.03. The van der Waals surface area contributed by atoms with E-state index in [2.05, 4.69) is 34.4 Å². The summed E-state index contributed by atoms with van der Waals surface area (Å²) in [4.78, 5) is 20.2. The van der Waals surface area contributed by atoms with Gasteiger partial charge < -0.3 is 10.6 Å². The highest BCUT2D eigenvalue weighted by Crippen LogP contribution is 2.21. The van der Waals surface area contributed by atoms with E-state index in [1.807, 2.05) is 24.3 Å². The Morgan fingerprint density at radius 3 is 2.30 bits per heavy atom. The van der Waals surface area contributed by atoms with Crippen LogP contribution in [0.15, 0.2) is 54.9 Å². The van der Waals surface area contributed by atoms with Crippen LogP contribution in [0.25, 0.3) is 0 Å². The van der Waals surface area contributed by atoms with Crippen LogP contribution in [0.1, 0.15) is 35.8 Å². The Morgan fingerprint density at radius 2 is 1.67 bits per heavy atom. The monoisotopic (exact) mass is 368 g/mol. The first-order chi connectivity index (χ1) is 12.9. The van der Waals surface area contributed by atoms with Crippen molar-refractivity contribution in [1.82, 2.24) is 9.97 Å². The first-order valence-corrected chi connectivity index (χ1v) is 8.38. The number of halogens is 2. The van der Waals surface area contributed by atoms with Gasteiger partial charge in [0.1, 0.15) is 35.2 Å². The predicted octanol–water partition coefficient (Wildman–Crippen LogP) is 4.87. The van der Waals surface area contributed by atoms with Crippen LogP contribution in [0.3, 0.4) is 0 Å². The van der Waals surface area contributed by atoms with Crippen molar-refractivity contribution in [3.05, 3.63) is 77.8 Å². The number of hydrogen-bond acceptors (Lipinski definition) is 4. The molecular formula is C20H18F2N4O. The number of benzene rings is 2. The number of carbonyl (C=O) groups excluding carboxylic acids is 1. The molecule has 0 aliphatic heterocycles. The van der Waals surface area contributed by atoms with E-state index < -0.39 is 23.2 Å². The summed E-state index contributed by atoms with van der Waals surface area (Å²) in [7, 11) is 0. The van der Waals surface area contributed by atoms with Gasteiger partial charge in [0.15, 0.2) is 0 Å². The lowest BCUT2D eigenvalue weighted by Crippen LogP contribution is -2.16. The number of anilines is 3. The van der Waals surface area contributed by atoms with E-state index in [1.165, 1.54) is 24.0 Å². The fraction of sp³-hybridized carbons (Fsp3) is 0.150. The minimum Gasteiger partial charge on any atom is -0.340 e. The molecule has 5 nitrogen and oxygen atoms in total. The number of para-hydroxylation sites is 1. The largest absolute Gasteiger partial charge is 0.340 e. The molecule has 2 aromatic carbocycles. The molecule has 1 heterocycles. The SMILES string of the molecule is CC(C)c1ccc(Nc2cc(C(=O)Nc3c(F)cccc3F)ncn2)cc1. The van der Waals surface area contributed by atoms with Crippen LogP contribution >= 0.6 is 0 Å². The highest BCUT2D eigenvalue weighted by Gasteiger charge is 2.15. The topological polar surface area (TPSA) is 66.9 Å². The standard InChI is InChI=1S/C20H18F2N4O/c1-12(2)13-6-8-14(9-7-13)25-18-10-17(23-11-24-18)20(27)26-19-15(21)4-3-5-16(19)22/h3-12H,1-2H3,(H,26,27)(H,23,24,25). The van der Waals surface area contributed by atoms with Crippen LogP contribution in [-0.2, 0) is 0 Å². The summed E-state index contributed by atoms with van der Waals surface area (Å²) >= 11 is 0. The van der Waals surface area contributed by atoms with Crippen LogP contribution in [0.2, 0.25) is 0 Å². The first kappa shape index (κ1) is 18.4. The molecule has 3 rings (SSSR count). The molecule has 0 spiro atoms. The Morgan fingerprint density at radius 1 is 1.00 bits per heavy atom. The summed E-state index contributed by atoms with van der Waals surface area (Å²) in [6.45, 7) is 4.21. The second-order valence-corrected chi connectivity index (χ2v) is 6.24. The van der Waals surface area contributed by atoms with Gasteiger partial charge in [-0.05, 0) is 35.7 Å². The van der Waals surface area contributed by atoms with Crippen LogP contribution in [0, 0.1) is 11.6 Å². The smallest absolute Gasteiger partial charge is 0.274 e. The van der Waals surface area contributed by atoms with E-state index >= 15 is 0 Å². The molecule has 7 heteroatoms.